The first-order valence-electron chi connectivity index (χ1n) is 5.75. The Balaban J connectivity index is 2.00. The largest absolute Gasteiger partial charge is 0.250 e. The number of hydrogen-bond acceptors (Lipinski definition) is 4. The van der Waals surface area contributed by atoms with Gasteiger partial charge in [-0.05, 0) is 17.7 Å². The maximum atomic E-state index is 6.38. The molecule has 7 heteroatoms. The molecule has 0 bridgehead atoms. The van der Waals surface area contributed by atoms with Crippen molar-refractivity contribution in [3.8, 4) is 0 Å². The maximum Gasteiger partial charge on any atom is 0.137 e. The third-order valence-corrected chi connectivity index (χ3v) is 6.89. The molecule has 0 spiro atoms. The number of rotatable bonds is 3. The average molecular weight is 332 g/mol. The van der Waals surface area contributed by atoms with Crippen molar-refractivity contribution in [2.45, 2.75) is 10.6 Å². The molecule has 0 atom stereocenters. The minimum atomic E-state index is -0.102. The van der Waals surface area contributed by atoms with Crippen LogP contribution in [0.4, 0.5) is 0 Å². The van der Waals surface area contributed by atoms with Crippen molar-refractivity contribution in [2.24, 2.45) is 0 Å². The molecule has 3 rings (SSSR count). The summed E-state index contributed by atoms with van der Waals surface area (Å²) in [5.41, 5.74) is 1.11. The van der Waals surface area contributed by atoms with Gasteiger partial charge in [-0.3, -0.25) is 4.68 Å². The van der Waals surface area contributed by atoms with Gasteiger partial charge in [0.15, 0.2) is 0 Å². The first-order chi connectivity index (χ1) is 9.20. The predicted molar refractivity (Wildman–Crippen MR) is 83.1 cm³/mol. The Morgan fingerprint density at radius 3 is 2.68 bits per heavy atom. The molecule has 19 heavy (non-hydrogen) atoms. The number of aromatic nitrogens is 3. The van der Waals surface area contributed by atoms with Gasteiger partial charge in [-0.1, -0.05) is 29.3 Å². The van der Waals surface area contributed by atoms with E-state index in [4.69, 9.17) is 23.2 Å². The molecule has 3 nitrogen and oxygen atoms in total. The Labute approximate surface area is 130 Å². The fourth-order valence-corrected chi connectivity index (χ4v) is 6.07. The summed E-state index contributed by atoms with van der Waals surface area (Å²) < 4.78 is 1.76. The molecular weight excluding hydrogens is 321 g/mol. The van der Waals surface area contributed by atoms with E-state index in [1.807, 2.05) is 40.3 Å². The molecule has 1 aliphatic heterocycles. The van der Waals surface area contributed by atoms with Crippen molar-refractivity contribution in [2.75, 3.05) is 11.5 Å². The van der Waals surface area contributed by atoms with Crippen LogP contribution in [-0.2, 0) is 10.6 Å². The predicted octanol–water partition coefficient (Wildman–Crippen LogP) is 3.92. The molecule has 100 valence electrons. The summed E-state index contributed by atoms with van der Waals surface area (Å²) in [4.78, 5) is 4.00. The van der Waals surface area contributed by atoms with Crippen molar-refractivity contribution in [3.05, 3.63) is 46.5 Å². The molecule has 1 saturated heterocycles. The molecule has 1 aromatic heterocycles. The van der Waals surface area contributed by atoms with E-state index in [1.165, 1.54) is 0 Å². The molecule has 2 aromatic rings. The number of thioether (sulfide) groups is 2. The summed E-state index contributed by atoms with van der Waals surface area (Å²) in [5.74, 6) is 2.22. The van der Waals surface area contributed by atoms with E-state index in [0.717, 1.165) is 28.6 Å². The fourth-order valence-electron chi connectivity index (χ4n) is 2.11. The Hall–Kier alpha value is -0.360. The lowest BCUT2D eigenvalue weighted by molar-refractivity contribution is 0.582. The highest BCUT2D eigenvalue weighted by atomic mass is 35.5. The van der Waals surface area contributed by atoms with E-state index in [2.05, 4.69) is 10.1 Å². The topological polar surface area (TPSA) is 30.7 Å². The smallest absolute Gasteiger partial charge is 0.137 e. The molecule has 0 unspecified atom stereocenters. The van der Waals surface area contributed by atoms with Crippen LogP contribution < -0.4 is 0 Å². The second-order valence-electron chi connectivity index (χ2n) is 4.17. The lowest BCUT2D eigenvalue weighted by atomic mass is 10.1. The van der Waals surface area contributed by atoms with Gasteiger partial charge in [-0.2, -0.15) is 5.10 Å². The molecule has 0 radical (unpaired) electrons. The normalized spacial score (nSPS) is 17.8. The van der Waals surface area contributed by atoms with Crippen LogP contribution in [0.15, 0.2) is 30.9 Å². The summed E-state index contributed by atoms with van der Waals surface area (Å²) in [6, 6.07) is 5.72. The van der Waals surface area contributed by atoms with Crippen molar-refractivity contribution in [1.29, 1.82) is 0 Å². The van der Waals surface area contributed by atoms with Gasteiger partial charge in [0.1, 0.15) is 16.7 Å². The number of hydrogen-bond donors (Lipinski definition) is 0. The molecule has 1 fully saturated rings. The summed E-state index contributed by atoms with van der Waals surface area (Å²) >= 11 is 16.2. The van der Waals surface area contributed by atoms with Crippen LogP contribution in [0.25, 0.3) is 0 Å². The Kier molecular flexibility index (Phi) is 3.98. The highest BCUT2D eigenvalue weighted by molar-refractivity contribution is 8.20. The van der Waals surface area contributed by atoms with E-state index >= 15 is 0 Å². The Morgan fingerprint density at radius 2 is 2.05 bits per heavy atom. The van der Waals surface area contributed by atoms with Crippen molar-refractivity contribution < 1.29 is 0 Å². The van der Waals surface area contributed by atoms with E-state index in [9.17, 15) is 0 Å². The SMILES string of the molecule is Clc1ccc(C2(Cn3cncn3)SCCS2)c(Cl)c1. The van der Waals surface area contributed by atoms with Gasteiger partial charge < -0.3 is 0 Å². The number of nitrogens with zero attached hydrogens (tertiary/aromatic N) is 3. The Bertz CT molecular complexity index is 568. The number of benzene rings is 1. The van der Waals surface area contributed by atoms with Gasteiger partial charge in [-0.25, -0.2) is 4.98 Å². The fraction of sp³-hybridized carbons (Fsp3) is 0.333. The van der Waals surface area contributed by atoms with Crippen LogP contribution in [0.5, 0.6) is 0 Å². The summed E-state index contributed by atoms with van der Waals surface area (Å²) in [7, 11) is 0. The first kappa shape index (κ1) is 13.6. The van der Waals surface area contributed by atoms with E-state index in [-0.39, 0.29) is 4.08 Å². The second-order valence-corrected chi connectivity index (χ2v) is 8.06. The first-order valence-corrected chi connectivity index (χ1v) is 8.48. The minimum Gasteiger partial charge on any atom is -0.250 e. The zero-order valence-electron chi connectivity index (χ0n) is 9.92. The molecule has 1 aliphatic rings. The van der Waals surface area contributed by atoms with Crippen molar-refractivity contribution in [1.82, 2.24) is 14.8 Å². The van der Waals surface area contributed by atoms with Crippen LogP contribution in [0.3, 0.4) is 0 Å². The third kappa shape index (κ3) is 2.75. The van der Waals surface area contributed by atoms with Gasteiger partial charge in [0.2, 0.25) is 0 Å². The average Bonchev–Trinajstić information content (AvgIpc) is 3.02. The second kappa shape index (κ2) is 5.56. The molecule has 0 amide bonds. The van der Waals surface area contributed by atoms with Crippen LogP contribution in [0.1, 0.15) is 5.56 Å². The molecule has 0 aliphatic carbocycles. The van der Waals surface area contributed by atoms with Gasteiger partial charge in [0, 0.05) is 21.6 Å². The van der Waals surface area contributed by atoms with E-state index in [1.54, 1.807) is 18.7 Å². The zero-order valence-corrected chi connectivity index (χ0v) is 13.1. The van der Waals surface area contributed by atoms with Gasteiger partial charge in [-0.15, -0.1) is 23.5 Å². The van der Waals surface area contributed by atoms with Crippen molar-refractivity contribution >= 4 is 46.7 Å². The van der Waals surface area contributed by atoms with E-state index in [0.29, 0.717) is 5.02 Å². The van der Waals surface area contributed by atoms with E-state index < -0.39 is 0 Å². The molecule has 2 heterocycles. The van der Waals surface area contributed by atoms with Gasteiger partial charge in [0.25, 0.3) is 0 Å². The molecule has 0 saturated carbocycles. The highest BCUT2D eigenvalue weighted by Gasteiger charge is 2.39. The van der Waals surface area contributed by atoms with Crippen LogP contribution >= 0.6 is 46.7 Å². The standard InChI is InChI=1S/C12H11Cl2N3S2/c13-9-1-2-10(11(14)5-9)12(18-3-4-19-12)6-17-8-15-7-16-17/h1-2,5,7-8H,3-4,6H2. The molecule has 0 N–H and O–H groups in total. The molecular formula is C12H11Cl2N3S2. The number of halogens is 2. The summed E-state index contributed by atoms with van der Waals surface area (Å²) in [6.45, 7) is 0.754. The third-order valence-electron chi connectivity index (χ3n) is 2.93. The monoisotopic (exact) mass is 331 g/mol. The Morgan fingerprint density at radius 1 is 1.26 bits per heavy atom. The zero-order chi connectivity index (χ0) is 13.3. The minimum absolute atomic E-state index is 0.102. The van der Waals surface area contributed by atoms with Crippen LogP contribution in [-0.4, -0.2) is 26.3 Å². The quantitative estimate of drug-likeness (QED) is 0.852. The van der Waals surface area contributed by atoms with Gasteiger partial charge >= 0.3 is 0 Å². The maximum absolute atomic E-state index is 6.38. The summed E-state index contributed by atoms with van der Waals surface area (Å²) in [6.07, 6.45) is 3.30. The van der Waals surface area contributed by atoms with Crippen LogP contribution in [0, 0.1) is 0 Å². The lowest BCUT2D eigenvalue weighted by Gasteiger charge is -2.28. The molecule has 1 aromatic carbocycles. The van der Waals surface area contributed by atoms with Crippen LogP contribution in [0.2, 0.25) is 10.0 Å². The van der Waals surface area contributed by atoms with Gasteiger partial charge in [0.05, 0.1) is 6.54 Å². The summed E-state index contributed by atoms with van der Waals surface area (Å²) in [5, 5.41) is 5.59. The highest BCUT2D eigenvalue weighted by Crippen LogP contribution is 2.54. The van der Waals surface area contributed by atoms with Crippen molar-refractivity contribution in [3.63, 3.8) is 0 Å². The lowest BCUT2D eigenvalue weighted by Crippen LogP contribution is -2.23.